The van der Waals surface area contributed by atoms with Crippen molar-refractivity contribution in [3.05, 3.63) is 5.28 Å². The van der Waals surface area contributed by atoms with Crippen molar-refractivity contribution in [1.82, 2.24) is 15.0 Å². The number of rotatable bonds is 6. The third kappa shape index (κ3) is 4.47. The smallest absolute Gasteiger partial charge is 0.228 e. The van der Waals surface area contributed by atoms with Crippen LogP contribution in [0.15, 0.2) is 0 Å². The Morgan fingerprint density at radius 3 is 2.58 bits per heavy atom. The molecule has 0 aromatic carbocycles. The van der Waals surface area contributed by atoms with E-state index in [9.17, 15) is 5.11 Å². The van der Waals surface area contributed by atoms with Gasteiger partial charge in [-0.3, -0.25) is 0 Å². The van der Waals surface area contributed by atoms with Crippen LogP contribution >= 0.6 is 11.6 Å². The molecule has 7 heteroatoms. The summed E-state index contributed by atoms with van der Waals surface area (Å²) in [4.78, 5) is 12.3. The van der Waals surface area contributed by atoms with Crippen molar-refractivity contribution < 1.29 is 5.11 Å². The van der Waals surface area contributed by atoms with Crippen LogP contribution in [0.1, 0.15) is 32.6 Å². The van der Waals surface area contributed by atoms with Gasteiger partial charge in [0.05, 0.1) is 6.10 Å². The highest BCUT2D eigenvalue weighted by Gasteiger charge is 2.22. The van der Waals surface area contributed by atoms with E-state index in [-0.39, 0.29) is 11.4 Å². The molecule has 2 unspecified atom stereocenters. The molecule has 0 aliphatic heterocycles. The van der Waals surface area contributed by atoms with E-state index in [1.54, 1.807) is 0 Å². The number of anilines is 2. The minimum atomic E-state index is -0.157. The second kappa shape index (κ2) is 6.86. The molecule has 0 saturated heterocycles. The predicted molar refractivity (Wildman–Crippen MR) is 75.5 cm³/mol. The molecule has 2 rings (SSSR count). The van der Waals surface area contributed by atoms with Gasteiger partial charge >= 0.3 is 0 Å². The Morgan fingerprint density at radius 2 is 1.95 bits per heavy atom. The summed E-state index contributed by atoms with van der Waals surface area (Å²) in [5.74, 6) is 1.45. The molecule has 0 spiro atoms. The second-order valence-electron chi connectivity index (χ2n) is 4.89. The lowest BCUT2D eigenvalue weighted by Crippen LogP contribution is -2.15. The molecule has 6 nitrogen and oxygen atoms in total. The number of aromatic nitrogens is 3. The van der Waals surface area contributed by atoms with Gasteiger partial charge in [0.1, 0.15) is 0 Å². The molecule has 2 atom stereocenters. The Bertz CT molecular complexity index is 417. The van der Waals surface area contributed by atoms with E-state index in [0.29, 0.717) is 17.8 Å². The van der Waals surface area contributed by atoms with Gasteiger partial charge in [0.15, 0.2) is 0 Å². The number of aliphatic hydroxyl groups excluding tert-OH is 1. The lowest BCUT2D eigenvalue weighted by molar-refractivity contribution is 0.178. The number of nitrogens with one attached hydrogen (secondary N) is 2. The number of nitrogens with zero attached hydrogens (tertiary/aromatic N) is 3. The van der Waals surface area contributed by atoms with Crippen LogP contribution in [-0.2, 0) is 0 Å². The average Bonchev–Trinajstić information content (AvgIpc) is 2.79. The van der Waals surface area contributed by atoms with Crippen LogP contribution in [0.5, 0.6) is 0 Å². The summed E-state index contributed by atoms with van der Waals surface area (Å²) in [5.41, 5.74) is 0. The summed E-state index contributed by atoms with van der Waals surface area (Å²) in [6, 6.07) is 0. The quantitative estimate of drug-likeness (QED) is 0.741. The van der Waals surface area contributed by atoms with E-state index >= 15 is 0 Å². The highest BCUT2D eigenvalue weighted by atomic mass is 35.5. The lowest BCUT2D eigenvalue weighted by atomic mass is 10.1. The van der Waals surface area contributed by atoms with E-state index in [2.05, 4.69) is 32.5 Å². The van der Waals surface area contributed by atoms with Gasteiger partial charge in [0, 0.05) is 13.1 Å². The zero-order valence-electron chi connectivity index (χ0n) is 11.1. The molecule has 1 saturated carbocycles. The summed E-state index contributed by atoms with van der Waals surface area (Å²) in [7, 11) is 0. The van der Waals surface area contributed by atoms with Crippen molar-refractivity contribution >= 4 is 23.5 Å². The maximum Gasteiger partial charge on any atom is 0.228 e. The third-order valence-electron chi connectivity index (χ3n) is 3.20. The van der Waals surface area contributed by atoms with Crippen LogP contribution in [0.4, 0.5) is 11.9 Å². The molecule has 106 valence electrons. The van der Waals surface area contributed by atoms with Gasteiger partial charge in [0.25, 0.3) is 0 Å². The minimum absolute atomic E-state index is 0.157. The minimum Gasteiger partial charge on any atom is -0.393 e. The molecule has 0 radical (unpaired) electrons. The largest absolute Gasteiger partial charge is 0.393 e. The molecule has 3 N–H and O–H groups in total. The molecule has 1 aromatic heterocycles. The van der Waals surface area contributed by atoms with Crippen LogP contribution in [0.25, 0.3) is 0 Å². The van der Waals surface area contributed by atoms with E-state index in [4.69, 9.17) is 11.6 Å². The predicted octanol–water partition coefficient (Wildman–Crippen LogP) is 1.92. The van der Waals surface area contributed by atoms with Crippen molar-refractivity contribution in [2.75, 3.05) is 23.7 Å². The van der Waals surface area contributed by atoms with Crippen LogP contribution in [0, 0.1) is 5.92 Å². The van der Waals surface area contributed by atoms with E-state index in [0.717, 1.165) is 38.8 Å². The van der Waals surface area contributed by atoms with Crippen molar-refractivity contribution in [2.24, 2.45) is 5.92 Å². The standard InChI is InChI=1S/C12H20ClN5O/c1-2-5-14-11-16-10(13)17-12(18-11)15-7-8-3-4-9(19)6-8/h8-9,19H,2-7H2,1H3,(H2,14,15,16,17,18). The molecular formula is C12H20ClN5O. The zero-order chi connectivity index (χ0) is 13.7. The number of hydrogen-bond acceptors (Lipinski definition) is 6. The Kier molecular flexibility index (Phi) is 5.15. The van der Waals surface area contributed by atoms with Gasteiger partial charge < -0.3 is 15.7 Å². The fraction of sp³-hybridized carbons (Fsp3) is 0.750. The van der Waals surface area contributed by atoms with Gasteiger partial charge in [-0.1, -0.05) is 6.92 Å². The maximum absolute atomic E-state index is 9.48. The summed E-state index contributed by atoms with van der Waals surface area (Å²) in [6.07, 6.45) is 3.59. The molecule has 1 aromatic rings. The normalized spacial score (nSPS) is 22.5. The van der Waals surface area contributed by atoms with Crippen molar-refractivity contribution in [2.45, 2.75) is 38.7 Å². The Labute approximate surface area is 118 Å². The summed E-state index contributed by atoms with van der Waals surface area (Å²) in [6.45, 7) is 3.62. The Hall–Kier alpha value is -1.14. The Morgan fingerprint density at radius 1 is 1.21 bits per heavy atom. The van der Waals surface area contributed by atoms with E-state index in [1.165, 1.54) is 0 Å². The average molecular weight is 286 g/mol. The summed E-state index contributed by atoms with van der Waals surface area (Å²) >= 11 is 5.87. The molecule has 0 bridgehead atoms. The monoisotopic (exact) mass is 285 g/mol. The Balaban J connectivity index is 1.90. The zero-order valence-corrected chi connectivity index (χ0v) is 11.8. The van der Waals surface area contributed by atoms with Gasteiger partial charge in [-0.25, -0.2) is 0 Å². The summed E-state index contributed by atoms with van der Waals surface area (Å²) < 4.78 is 0. The van der Waals surface area contributed by atoms with Gasteiger partial charge in [-0.05, 0) is 43.2 Å². The molecule has 1 aliphatic carbocycles. The highest BCUT2D eigenvalue weighted by molar-refractivity contribution is 6.28. The molecule has 19 heavy (non-hydrogen) atoms. The van der Waals surface area contributed by atoms with Crippen LogP contribution < -0.4 is 10.6 Å². The maximum atomic E-state index is 9.48. The van der Waals surface area contributed by atoms with Crippen molar-refractivity contribution in [3.8, 4) is 0 Å². The first-order valence-corrected chi connectivity index (χ1v) is 7.12. The molecule has 1 heterocycles. The van der Waals surface area contributed by atoms with Crippen molar-refractivity contribution in [1.29, 1.82) is 0 Å². The fourth-order valence-electron chi connectivity index (χ4n) is 2.21. The second-order valence-corrected chi connectivity index (χ2v) is 5.23. The number of halogens is 1. The number of aliphatic hydroxyl groups is 1. The molecule has 1 aliphatic rings. The highest BCUT2D eigenvalue weighted by Crippen LogP contribution is 2.25. The van der Waals surface area contributed by atoms with E-state index < -0.39 is 0 Å². The first-order valence-electron chi connectivity index (χ1n) is 6.74. The fourth-order valence-corrected chi connectivity index (χ4v) is 2.37. The van der Waals surface area contributed by atoms with Gasteiger partial charge in [-0.15, -0.1) is 0 Å². The van der Waals surface area contributed by atoms with Crippen LogP contribution in [-0.4, -0.2) is 39.3 Å². The van der Waals surface area contributed by atoms with E-state index in [1.807, 2.05) is 0 Å². The first-order chi connectivity index (χ1) is 9.17. The van der Waals surface area contributed by atoms with Gasteiger partial charge in [0.2, 0.25) is 17.2 Å². The lowest BCUT2D eigenvalue weighted by Gasteiger charge is -2.11. The van der Waals surface area contributed by atoms with Crippen molar-refractivity contribution in [3.63, 3.8) is 0 Å². The van der Waals surface area contributed by atoms with Crippen LogP contribution in [0.2, 0.25) is 5.28 Å². The van der Waals surface area contributed by atoms with Crippen LogP contribution in [0.3, 0.4) is 0 Å². The SMILES string of the molecule is CCCNc1nc(Cl)nc(NCC2CCC(O)C2)n1. The molecule has 1 fully saturated rings. The molecule has 0 amide bonds. The van der Waals surface area contributed by atoms with Gasteiger partial charge in [-0.2, -0.15) is 15.0 Å². The summed E-state index contributed by atoms with van der Waals surface area (Å²) in [5, 5.41) is 15.9. The first kappa shape index (κ1) is 14.3. The molecular weight excluding hydrogens is 266 g/mol. The third-order valence-corrected chi connectivity index (χ3v) is 3.37. The topological polar surface area (TPSA) is 83.0 Å². The number of hydrogen-bond donors (Lipinski definition) is 3.